The highest BCUT2D eigenvalue weighted by atomic mass is 35.5. The smallest absolute Gasteiger partial charge is 0.339 e. The summed E-state index contributed by atoms with van der Waals surface area (Å²) in [6, 6.07) is 10.1. The van der Waals surface area contributed by atoms with Gasteiger partial charge in [0.2, 0.25) is 0 Å². The first-order valence-electron chi connectivity index (χ1n) is 8.71. The third-order valence-electron chi connectivity index (χ3n) is 4.20. The van der Waals surface area contributed by atoms with Crippen molar-refractivity contribution >= 4 is 46.3 Å². The van der Waals surface area contributed by atoms with E-state index < -0.39 is 5.97 Å². The van der Waals surface area contributed by atoms with Gasteiger partial charge in [-0.25, -0.2) is 14.8 Å². The molecular formula is C20H20ClN5O4. The van der Waals surface area contributed by atoms with Crippen molar-refractivity contribution in [3.8, 4) is 11.5 Å². The zero-order valence-electron chi connectivity index (χ0n) is 16.5. The molecule has 3 aromatic rings. The Hall–Kier alpha value is -3.72. The number of aromatic nitrogens is 2. The molecule has 30 heavy (non-hydrogen) atoms. The summed E-state index contributed by atoms with van der Waals surface area (Å²) in [6.45, 7) is 0. The van der Waals surface area contributed by atoms with Gasteiger partial charge in [-0.2, -0.15) is 0 Å². The molecule has 0 unspecified atom stereocenters. The second kappa shape index (κ2) is 9.19. The van der Waals surface area contributed by atoms with Crippen LogP contribution in [0.25, 0.3) is 0 Å². The molecule has 1 heterocycles. The van der Waals surface area contributed by atoms with Crippen LogP contribution in [0.1, 0.15) is 10.4 Å². The average Bonchev–Trinajstić information content (AvgIpc) is 2.76. The Kier molecular flexibility index (Phi) is 6.43. The van der Waals surface area contributed by atoms with Crippen molar-refractivity contribution in [2.45, 2.75) is 0 Å². The van der Waals surface area contributed by atoms with Crippen LogP contribution < -0.4 is 25.8 Å². The quantitative estimate of drug-likeness (QED) is 0.478. The third kappa shape index (κ3) is 4.31. The number of nitrogens with two attached hydrogens (primary N) is 1. The Morgan fingerprint density at radius 3 is 2.23 bits per heavy atom. The summed E-state index contributed by atoms with van der Waals surface area (Å²) < 4.78 is 15.4. The van der Waals surface area contributed by atoms with Crippen LogP contribution >= 0.6 is 11.6 Å². The van der Waals surface area contributed by atoms with Crippen molar-refractivity contribution in [3.05, 3.63) is 53.3 Å². The molecule has 0 fully saturated rings. The monoisotopic (exact) mass is 429 g/mol. The first-order chi connectivity index (χ1) is 14.5. The second-order valence-corrected chi connectivity index (χ2v) is 6.37. The number of carbonyl (C=O) groups is 1. The van der Waals surface area contributed by atoms with Crippen molar-refractivity contribution < 1.29 is 19.0 Å². The molecule has 0 atom stereocenters. The minimum Gasteiger partial charge on any atom is -0.495 e. The summed E-state index contributed by atoms with van der Waals surface area (Å²) in [5.74, 6) is 1.10. The number of carbonyl (C=O) groups excluding carboxylic acids is 1. The van der Waals surface area contributed by atoms with Crippen LogP contribution in [0.15, 0.2) is 42.7 Å². The highest BCUT2D eigenvalue weighted by molar-refractivity contribution is 6.32. The first kappa shape index (κ1) is 21.0. The standard InChI is InChI=1S/C20H20ClN5O4/c1-28-15-9-16(29-2)14(8-12(15)21)26-19-17(22)18(23-10-24-19)25-13-7-5-4-6-11(13)20(27)30-3/h4-10H,22H2,1-3H3,(H2,23,24,25,26). The van der Waals surface area contributed by atoms with E-state index in [1.807, 2.05) is 0 Å². The maximum Gasteiger partial charge on any atom is 0.339 e. The van der Waals surface area contributed by atoms with Crippen molar-refractivity contribution in [3.63, 3.8) is 0 Å². The lowest BCUT2D eigenvalue weighted by molar-refractivity contribution is 0.0602. The van der Waals surface area contributed by atoms with Gasteiger partial charge in [-0.1, -0.05) is 23.7 Å². The lowest BCUT2D eigenvalue weighted by atomic mass is 10.2. The van der Waals surface area contributed by atoms with Gasteiger partial charge >= 0.3 is 5.97 Å². The Morgan fingerprint density at radius 1 is 0.967 bits per heavy atom. The van der Waals surface area contributed by atoms with Crippen LogP contribution in [0.5, 0.6) is 11.5 Å². The van der Waals surface area contributed by atoms with E-state index in [1.165, 1.54) is 27.7 Å². The van der Waals surface area contributed by atoms with Crippen molar-refractivity contribution in [1.29, 1.82) is 0 Å². The molecule has 3 rings (SSSR count). The maximum atomic E-state index is 12.0. The third-order valence-corrected chi connectivity index (χ3v) is 4.49. The predicted molar refractivity (Wildman–Crippen MR) is 115 cm³/mol. The van der Waals surface area contributed by atoms with Gasteiger partial charge in [-0.3, -0.25) is 0 Å². The van der Waals surface area contributed by atoms with Gasteiger partial charge in [0.05, 0.1) is 43.3 Å². The number of benzene rings is 2. The molecule has 0 aliphatic rings. The lowest BCUT2D eigenvalue weighted by Crippen LogP contribution is -2.09. The minimum atomic E-state index is -0.485. The highest BCUT2D eigenvalue weighted by Gasteiger charge is 2.16. The Morgan fingerprint density at radius 2 is 1.60 bits per heavy atom. The van der Waals surface area contributed by atoms with Gasteiger partial charge in [0.15, 0.2) is 11.6 Å². The molecule has 2 aromatic carbocycles. The van der Waals surface area contributed by atoms with E-state index >= 15 is 0 Å². The maximum absolute atomic E-state index is 12.0. The first-order valence-corrected chi connectivity index (χ1v) is 9.09. The van der Waals surface area contributed by atoms with Crippen LogP contribution in [-0.4, -0.2) is 37.3 Å². The van der Waals surface area contributed by atoms with E-state index in [2.05, 4.69) is 20.6 Å². The summed E-state index contributed by atoms with van der Waals surface area (Å²) in [7, 11) is 4.35. The molecule has 0 spiro atoms. The Bertz CT molecular complexity index is 1080. The van der Waals surface area contributed by atoms with Crippen LogP contribution in [0.2, 0.25) is 5.02 Å². The molecule has 0 amide bonds. The molecular weight excluding hydrogens is 410 g/mol. The van der Waals surface area contributed by atoms with Gasteiger partial charge in [-0.15, -0.1) is 0 Å². The van der Waals surface area contributed by atoms with E-state index in [-0.39, 0.29) is 5.69 Å². The van der Waals surface area contributed by atoms with E-state index in [1.54, 1.807) is 36.4 Å². The lowest BCUT2D eigenvalue weighted by Gasteiger charge is -2.16. The van der Waals surface area contributed by atoms with Gasteiger partial charge in [-0.05, 0) is 18.2 Å². The normalized spacial score (nSPS) is 10.3. The number of nitrogens with zero attached hydrogens (tertiary/aromatic N) is 2. The molecule has 10 heteroatoms. The number of hydrogen-bond donors (Lipinski definition) is 3. The zero-order chi connectivity index (χ0) is 21.7. The average molecular weight is 430 g/mol. The van der Waals surface area contributed by atoms with Crippen molar-refractivity contribution in [2.24, 2.45) is 0 Å². The van der Waals surface area contributed by atoms with E-state index in [4.69, 9.17) is 31.5 Å². The van der Waals surface area contributed by atoms with Gasteiger partial charge in [0, 0.05) is 6.07 Å². The largest absolute Gasteiger partial charge is 0.495 e. The summed E-state index contributed by atoms with van der Waals surface area (Å²) in [5.41, 5.74) is 7.86. The molecule has 0 saturated heterocycles. The molecule has 0 aliphatic carbocycles. The van der Waals surface area contributed by atoms with Crippen molar-refractivity contribution in [1.82, 2.24) is 9.97 Å². The summed E-state index contributed by atoms with van der Waals surface area (Å²) in [5, 5.41) is 6.52. The molecule has 0 saturated carbocycles. The molecule has 4 N–H and O–H groups in total. The van der Waals surface area contributed by atoms with Gasteiger partial charge in [0.25, 0.3) is 0 Å². The summed E-state index contributed by atoms with van der Waals surface area (Å²) in [6.07, 6.45) is 1.33. The van der Waals surface area contributed by atoms with Crippen LogP contribution in [0, 0.1) is 0 Å². The van der Waals surface area contributed by atoms with Crippen LogP contribution in [-0.2, 0) is 4.74 Å². The molecule has 0 aliphatic heterocycles. The van der Waals surface area contributed by atoms with Crippen LogP contribution in [0.4, 0.5) is 28.7 Å². The fourth-order valence-corrected chi connectivity index (χ4v) is 2.93. The predicted octanol–water partition coefficient (Wildman–Crippen LogP) is 4.00. The van der Waals surface area contributed by atoms with Crippen LogP contribution in [0.3, 0.4) is 0 Å². The second-order valence-electron chi connectivity index (χ2n) is 5.96. The zero-order valence-corrected chi connectivity index (χ0v) is 17.3. The number of hydrogen-bond acceptors (Lipinski definition) is 9. The number of ether oxygens (including phenoxy) is 3. The minimum absolute atomic E-state index is 0.228. The highest BCUT2D eigenvalue weighted by Crippen LogP contribution is 2.38. The number of anilines is 5. The molecule has 1 aromatic heterocycles. The van der Waals surface area contributed by atoms with Gasteiger partial charge < -0.3 is 30.6 Å². The number of rotatable bonds is 7. The fourth-order valence-electron chi connectivity index (χ4n) is 2.69. The fraction of sp³-hybridized carbons (Fsp3) is 0.150. The Balaban J connectivity index is 1.94. The molecule has 9 nitrogen and oxygen atoms in total. The van der Waals surface area contributed by atoms with E-state index in [0.717, 1.165) is 0 Å². The number of para-hydroxylation sites is 1. The molecule has 0 bridgehead atoms. The number of methoxy groups -OCH3 is 3. The number of nitrogen functional groups attached to an aromatic ring is 1. The SMILES string of the molecule is COC(=O)c1ccccc1Nc1ncnc(Nc2cc(Cl)c(OC)cc2OC)c1N. The topological polar surface area (TPSA) is 121 Å². The Labute approximate surface area is 178 Å². The molecule has 156 valence electrons. The number of halogens is 1. The summed E-state index contributed by atoms with van der Waals surface area (Å²) >= 11 is 6.22. The van der Waals surface area contributed by atoms with Crippen molar-refractivity contribution in [2.75, 3.05) is 37.7 Å². The molecule has 0 radical (unpaired) electrons. The number of nitrogens with one attached hydrogen (secondary N) is 2. The number of esters is 1. The van der Waals surface area contributed by atoms with E-state index in [0.29, 0.717) is 45.1 Å². The van der Waals surface area contributed by atoms with E-state index in [9.17, 15) is 4.79 Å². The summed E-state index contributed by atoms with van der Waals surface area (Å²) in [4.78, 5) is 20.4. The van der Waals surface area contributed by atoms with Gasteiger partial charge in [0.1, 0.15) is 23.5 Å².